The van der Waals surface area contributed by atoms with Gasteiger partial charge >= 0.3 is 0 Å². The number of hydrogen-bond acceptors (Lipinski definition) is 1. The molecule has 0 amide bonds. The minimum Gasteiger partial charge on any atom is -0.486 e. The molecule has 0 aliphatic heterocycles. The summed E-state index contributed by atoms with van der Waals surface area (Å²) >= 11 is 0. The molecule has 0 fully saturated rings. The minimum atomic E-state index is -0.617. The van der Waals surface area contributed by atoms with Gasteiger partial charge in [-0.1, -0.05) is 82.3 Å². The largest absolute Gasteiger partial charge is 0.486 e. The number of halogens is 2. The topological polar surface area (TPSA) is 9.23 Å². The Hall–Kier alpha value is -2.68. The fourth-order valence-electron chi connectivity index (χ4n) is 3.44. The number of benzene rings is 3. The van der Waals surface area contributed by atoms with E-state index < -0.39 is 11.6 Å². The molecular formula is C26H28F2O. The SMILES string of the molecule is CC(C)CC(Oc1cc(F)c(-c2ccc(C(C)C)cc2)c(F)c1)c1ccccc1. The van der Waals surface area contributed by atoms with E-state index in [1.165, 1.54) is 12.1 Å². The molecule has 0 bridgehead atoms. The normalized spacial score (nSPS) is 12.4. The van der Waals surface area contributed by atoms with Gasteiger partial charge < -0.3 is 4.74 Å². The molecule has 0 saturated carbocycles. The maximum absolute atomic E-state index is 14.9. The molecule has 3 aromatic rings. The zero-order valence-corrected chi connectivity index (χ0v) is 17.5. The Labute approximate surface area is 172 Å². The predicted molar refractivity (Wildman–Crippen MR) is 115 cm³/mol. The Morgan fingerprint density at radius 2 is 1.34 bits per heavy atom. The van der Waals surface area contributed by atoms with Crippen LogP contribution in [0, 0.1) is 17.6 Å². The van der Waals surface area contributed by atoms with E-state index in [1.807, 2.05) is 42.5 Å². The first-order valence-electron chi connectivity index (χ1n) is 10.2. The summed E-state index contributed by atoms with van der Waals surface area (Å²) in [7, 11) is 0. The Morgan fingerprint density at radius 3 is 1.86 bits per heavy atom. The van der Waals surface area contributed by atoms with Gasteiger partial charge in [-0.25, -0.2) is 8.78 Å². The lowest BCUT2D eigenvalue weighted by Crippen LogP contribution is -2.11. The standard InChI is InChI=1S/C26H28F2O/c1-17(2)14-25(20-8-6-5-7-9-20)29-22-15-23(27)26(24(28)16-22)21-12-10-19(11-13-21)18(3)4/h5-13,15-18,25H,14H2,1-4H3. The van der Waals surface area contributed by atoms with Crippen LogP contribution in [-0.4, -0.2) is 0 Å². The van der Waals surface area contributed by atoms with Crippen molar-refractivity contribution in [3.8, 4) is 16.9 Å². The van der Waals surface area contributed by atoms with Crippen molar-refractivity contribution >= 4 is 0 Å². The second-order valence-corrected chi connectivity index (χ2v) is 8.19. The summed E-state index contributed by atoms with van der Waals surface area (Å²) < 4.78 is 35.7. The van der Waals surface area contributed by atoms with Gasteiger partial charge in [0.2, 0.25) is 0 Å². The Bertz CT molecular complexity index is 908. The smallest absolute Gasteiger partial charge is 0.137 e. The van der Waals surface area contributed by atoms with Crippen molar-refractivity contribution in [1.82, 2.24) is 0 Å². The molecule has 0 radical (unpaired) electrons. The quantitative estimate of drug-likeness (QED) is 0.395. The van der Waals surface area contributed by atoms with E-state index in [4.69, 9.17) is 4.74 Å². The average molecular weight is 395 g/mol. The molecule has 0 aromatic heterocycles. The van der Waals surface area contributed by atoms with E-state index in [2.05, 4.69) is 27.7 Å². The van der Waals surface area contributed by atoms with Crippen LogP contribution in [0.15, 0.2) is 66.7 Å². The molecule has 0 aliphatic rings. The molecule has 1 atom stereocenters. The number of hydrogen-bond donors (Lipinski definition) is 0. The lowest BCUT2D eigenvalue weighted by atomic mass is 9.98. The van der Waals surface area contributed by atoms with Crippen molar-refractivity contribution in [1.29, 1.82) is 0 Å². The molecule has 3 aromatic carbocycles. The molecular weight excluding hydrogens is 366 g/mol. The second kappa shape index (κ2) is 9.21. The van der Waals surface area contributed by atoms with Gasteiger partial charge in [-0.2, -0.15) is 0 Å². The molecule has 3 heteroatoms. The van der Waals surface area contributed by atoms with Crippen molar-refractivity contribution in [2.24, 2.45) is 5.92 Å². The van der Waals surface area contributed by atoms with E-state index in [9.17, 15) is 8.78 Å². The molecule has 0 aliphatic carbocycles. The van der Waals surface area contributed by atoms with Gasteiger partial charge in [-0.15, -0.1) is 0 Å². The molecule has 0 saturated heterocycles. The molecule has 29 heavy (non-hydrogen) atoms. The fraction of sp³-hybridized carbons (Fsp3) is 0.308. The van der Waals surface area contributed by atoms with Crippen molar-refractivity contribution in [2.45, 2.75) is 46.1 Å². The summed E-state index contributed by atoms with van der Waals surface area (Å²) in [4.78, 5) is 0. The minimum absolute atomic E-state index is 0.0206. The van der Waals surface area contributed by atoms with Crippen molar-refractivity contribution < 1.29 is 13.5 Å². The van der Waals surface area contributed by atoms with Gasteiger partial charge in [-0.3, -0.25) is 0 Å². The lowest BCUT2D eigenvalue weighted by Gasteiger charge is -2.22. The van der Waals surface area contributed by atoms with E-state index in [-0.39, 0.29) is 17.4 Å². The van der Waals surface area contributed by atoms with Crippen LogP contribution >= 0.6 is 0 Å². The van der Waals surface area contributed by atoms with Crippen LogP contribution in [0.1, 0.15) is 57.3 Å². The second-order valence-electron chi connectivity index (χ2n) is 8.19. The number of ether oxygens (including phenoxy) is 1. The zero-order chi connectivity index (χ0) is 21.0. The van der Waals surface area contributed by atoms with Gasteiger partial charge in [-0.05, 0) is 34.9 Å². The number of rotatable bonds is 7. The van der Waals surface area contributed by atoms with E-state index in [0.717, 1.165) is 17.5 Å². The maximum Gasteiger partial charge on any atom is 0.137 e. The summed E-state index contributed by atoms with van der Waals surface area (Å²) in [6.07, 6.45) is 0.497. The van der Waals surface area contributed by atoms with E-state index in [1.54, 1.807) is 12.1 Å². The van der Waals surface area contributed by atoms with Crippen LogP contribution < -0.4 is 4.74 Å². The van der Waals surface area contributed by atoms with Crippen molar-refractivity contribution in [2.75, 3.05) is 0 Å². The van der Waals surface area contributed by atoms with Gasteiger partial charge in [0.25, 0.3) is 0 Å². The van der Waals surface area contributed by atoms with Crippen LogP contribution in [0.2, 0.25) is 0 Å². The van der Waals surface area contributed by atoms with Crippen LogP contribution in [0.3, 0.4) is 0 Å². The lowest BCUT2D eigenvalue weighted by molar-refractivity contribution is 0.176. The summed E-state index contributed by atoms with van der Waals surface area (Å²) in [5.74, 6) is -0.279. The van der Waals surface area contributed by atoms with Crippen LogP contribution in [-0.2, 0) is 0 Å². The molecule has 0 heterocycles. The summed E-state index contributed by atoms with van der Waals surface area (Å²) in [5.41, 5.74) is 2.63. The first kappa shape index (κ1) is 21.0. The van der Waals surface area contributed by atoms with Gasteiger partial charge in [0.15, 0.2) is 0 Å². The summed E-state index contributed by atoms with van der Waals surface area (Å²) in [5, 5.41) is 0. The van der Waals surface area contributed by atoms with E-state index >= 15 is 0 Å². The van der Waals surface area contributed by atoms with Gasteiger partial charge in [0.1, 0.15) is 23.5 Å². The first-order valence-corrected chi connectivity index (χ1v) is 10.2. The molecule has 0 N–H and O–H groups in total. The molecule has 1 nitrogen and oxygen atoms in total. The average Bonchev–Trinajstić information content (AvgIpc) is 2.68. The first-order chi connectivity index (χ1) is 13.8. The van der Waals surface area contributed by atoms with Crippen LogP contribution in [0.4, 0.5) is 8.78 Å². The fourth-order valence-corrected chi connectivity index (χ4v) is 3.44. The molecule has 1 unspecified atom stereocenters. The third-order valence-electron chi connectivity index (χ3n) is 5.02. The zero-order valence-electron chi connectivity index (χ0n) is 17.5. The van der Waals surface area contributed by atoms with Gasteiger partial charge in [0.05, 0.1) is 5.56 Å². The van der Waals surface area contributed by atoms with Crippen molar-refractivity contribution in [3.63, 3.8) is 0 Å². The highest BCUT2D eigenvalue weighted by Crippen LogP contribution is 2.34. The highest BCUT2D eigenvalue weighted by Gasteiger charge is 2.19. The van der Waals surface area contributed by atoms with Gasteiger partial charge in [0, 0.05) is 12.1 Å². The third kappa shape index (κ3) is 5.23. The predicted octanol–water partition coefficient (Wildman–Crippen LogP) is 7.92. The summed E-state index contributed by atoms with van der Waals surface area (Å²) in [6, 6.07) is 19.7. The third-order valence-corrected chi connectivity index (χ3v) is 5.02. The van der Waals surface area contributed by atoms with E-state index in [0.29, 0.717) is 17.4 Å². The highest BCUT2D eigenvalue weighted by molar-refractivity contribution is 5.66. The van der Waals surface area contributed by atoms with Crippen LogP contribution in [0.5, 0.6) is 5.75 Å². The Kier molecular flexibility index (Phi) is 6.68. The Morgan fingerprint density at radius 1 is 0.759 bits per heavy atom. The molecule has 3 rings (SSSR count). The molecule has 0 spiro atoms. The monoisotopic (exact) mass is 394 g/mol. The van der Waals surface area contributed by atoms with Crippen molar-refractivity contribution in [3.05, 3.63) is 89.5 Å². The molecule has 152 valence electrons. The highest BCUT2D eigenvalue weighted by atomic mass is 19.1. The summed E-state index contributed by atoms with van der Waals surface area (Å²) in [6.45, 7) is 8.38. The van der Waals surface area contributed by atoms with Crippen LogP contribution in [0.25, 0.3) is 11.1 Å². The maximum atomic E-state index is 14.9. The Balaban J connectivity index is 1.89.